The van der Waals surface area contributed by atoms with Gasteiger partial charge in [0.05, 0.1) is 6.10 Å². The molecule has 0 aromatic carbocycles. The van der Waals surface area contributed by atoms with Crippen LogP contribution < -0.4 is 5.73 Å². The molecule has 2 N–H and O–H groups in total. The van der Waals surface area contributed by atoms with E-state index in [1.807, 2.05) is 0 Å². The summed E-state index contributed by atoms with van der Waals surface area (Å²) in [7, 11) is 0. The van der Waals surface area contributed by atoms with E-state index < -0.39 is 24.9 Å². The molecular formula is C9H12F3NOS. The van der Waals surface area contributed by atoms with Crippen molar-refractivity contribution < 1.29 is 17.9 Å². The van der Waals surface area contributed by atoms with Crippen LogP contribution >= 0.6 is 11.3 Å². The van der Waals surface area contributed by atoms with Gasteiger partial charge in [0.1, 0.15) is 6.61 Å². The topological polar surface area (TPSA) is 35.2 Å². The number of thiophene rings is 1. The highest BCUT2D eigenvalue weighted by Crippen LogP contribution is 2.25. The van der Waals surface area contributed by atoms with Crippen LogP contribution in [-0.4, -0.2) is 18.8 Å². The van der Waals surface area contributed by atoms with Gasteiger partial charge in [0.25, 0.3) is 0 Å². The number of hydrogen-bond donors (Lipinski definition) is 1. The number of alkyl halides is 3. The third kappa shape index (κ3) is 4.19. The van der Waals surface area contributed by atoms with Gasteiger partial charge in [0, 0.05) is 6.04 Å². The fourth-order valence-corrected chi connectivity index (χ4v) is 1.86. The van der Waals surface area contributed by atoms with Crippen LogP contribution in [0.5, 0.6) is 0 Å². The molecule has 15 heavy (non-hydrogen) atoms. The van der Waals surface area contributed by atoms with Crippen molar-refractivity contribution in [2.24, 2.45) is 5.73 Å². The van der Waals surface area contributed by atoms with Crippen molar-refractivity contribution in [2.75, 3.05) is 6.61 Å². The largest absolute Gasteiger partial charge is 0.411 e. The maximum Gasteiger partial charge on any atom is 0.411 e. The van der Waals surface area contributed by atoms with E-state index in [9.17, 15) is 13.2 Å². The predicted molar refractivity (Wildman–Crippen MR) is 52.7 cm³/mol. The van der Waals surface area contributed by atoms with Gasteiger partial charge in [-0.3, -0.25) is 0 Å². The summed E-state index contributed by atoms with van der Waals surface area (Å²) in [5.41, 5.74) is 6.26. The lowest BCUT2D eigenvalue weighted by Gasteiger charge is -2.21. The van der Waals surface area contributed by atoms with Gasteiger partial charge in [0.15, 0.2) is 0 Å². The van der Waals surface area contributed by atoms with Gasteiger partial charge in [-0.1, -0.05) is 0 Å². The fraction of sp³-hybridized carbons (Fsp3) is 0.556. The van der Waals surface area contributed by atoms with E-state index in [-0.39, 0.29) is 0 Å². The Balaban J connectivity index is 2.61. The first-order valence-electron chi connectivity index (χ1n) is 4.36. The van der Waals surface area contributed by atoms with E-state index >= 15 is 0 Å². The number of halogens is 3. The molecule has 86 valence electrons. The second-order valence-corrected chi connectivity index (χ2v) is 4.04. The Hall–Kier alpha value is -0.590. The lowest BCUT2D eigenvalue weighted by Crippen LogP contribution is -2.30. The van der Waals surface area contributed by atoms with E-state index in [4.69, 9.17) is 10.5 Å². The Kier molecular flexibility index (Phi) is 4.12. The van der Waals surface area contributed by atoms with Crippen molar-refractivity contribution in [3.63, 3.8) is 0 Å². The molecule has 0 bridgehead atoms. The van der Waals surface area contributed by atoms with Gasteiger partial charge in [-0.2, -0.15) is 24.5 Å². The summed E-state index contributed by atoms with van der Waals surface area (Å²) in [6.07, 6.45) is -5.01. The van der Waals surface area contributed by atoms with Crippen LogP contribution in [0.3, 0.4) is 0 Å². The Morgan fingerprint density at radius 3 is 2.60 bits per heavy atom. The Morgan fingerprint density at radius 1 is 1.53 bits per heavy atom. The molecule has 1 heterocycles. The van der Waals surface area contributed by atoms with Crippen LogP contribution in [0.2, 0.25) is 0 Å². The Bertz CT molecular complexity index is 284. The molecule has 0 aliphatic heterocycles. The molecule has 2 atom stereocenters. The Labute approximate surface area is 89.8 Å². The van der Waals surface area contributed by atoms with Gasteiger partial charge in [-0.05, 0) is 29.3 Å². The fourth-order valence-electron chi connectivity index (χ4n) is 1.17. The molecule has 0 spiro atoms. The molecule has 2 nitrogen and oxygen atoms in total. The standard InChI is InChI=1S/C9H12F3NOS/c1-6(13)8(7-2-3-15-4-7)14-5-9(10,11)12/h2-4,6,8H,5,13H2,1H3. The van der Waals surface area contributed by atoms with Crippen molar-refractivity contribution in [1.82, 2.24) is 0 Å². The molecule has 0 saturated carbocycles. The van der Waals surface area contributed by atoms with Crippen molar-refractivity contribution in [1.29, 1.82) is 0 Å². The van der Waals surface area contributed by atoms with Crippen molar-refractivity contribution in [2.45, 2.75) is 25.2 Å². The van der Waals surface area contributed by atoms with Gasteiger partial charge >= 0.3 is 6.18 Å². The molecule has 0 radical (unpaired) electrons. The quantitative estimate of drug-likeness (QED) is 0.876. The van der Waals surface area contributed by atoms with Crippen LogP contribution in [-0.2, 0) is 4.74 Å². The van der Waals surface area contributed by atoms with Gasteiger partial charge in [-0.25, -0.2) is 0 Å². The first kappa shape index (κ1) is 12.5. The van der Waals surface area contributed by atoms with Gasteiger partial charge in [0.2, 0.25) is 0 Å². The summed E-state index contributed by atoms with van der Waals surface area (Å²) in [4.78, 5) is 0. The molecule has 0 fully saturated rings. The molecule has 1 aromatic heterocycles. The second-order valence-electron chi connectivity index (χ2n) is 3.26. The smallest absolute Gasteiger partial charge is 0.362 e. The highest BCUT2D eigenvalue weighted by Gasteiger charge is 2.30. The Morgan fingerprint density at radius 2 is 2.20 bits per heavy atom. The SMILES string of the molecule is CC(N)C(OCC(F)(F)F)c1ccsc1. The number of ether oxygens (including phenoxy) is 1. The average molecular weight is 239 g/mol. The third-order valence-electron chi connectivity index (χ3n) is 1.78. The zero-order chi connectivity index (χ0) is 11.5. The maximum absolute atomic E-state index is 12.0. The van der Waals surface area contributed by atoms with Crippen LogP contribution in [0.1, 0.15) is 18.6 Å². The summed E-state index contributed by atoms with van der Waals surface area (Å²) in [5.74, 6) is 0. The molecule has 0 aliphatic carbocycles. The van der Waals surface area contributed by atoms with Crippen LogP contribution in [0.4, 0.5) is 13.2 Å². The van der Waals surface area contributed by atoms with Crippen LogP contribution in [0.15, 0.2) is 16.8 Å². The van der Waals surface area contributed by atoms with Crippen LogP contribution in [0.25, 0.3) is 0 Å². The molecule has 0 aliphatic rings. The molecule has 0 amide bonds. The third-order valence-corrected chi connectivity index (χ3v) is 2.48. The van der Waals surface area contributed by atoms with E-state index in [0.717, 1.165) is 0 Å². The molecule has 0 saturated heterocycles. The average Bonchev–Trinajstić information content (AvgIpc) is 2.54. The zero-order valence-electron chi connectivity index (χ0n) is 8.12. The lowest BCUT2D eigenvalue weighted by atomic mass is 10.1. The van der Waals surface area contributed by atoms with E-state index in [1.54, 1.807) is 23.8 Å². The highest BCUT2D eigenvalue weighted by atomic mass is 32.1. The minimum Gasteiger partial charge on any atom is -0.362 e. The summed E-state index contributed by atoms with van der Waals surface area (Å²) in [5, 5.41) is 3.52. The van der Waals surface area contributed by atoms with Crippen molar-refractivity contribution >= 4 is 11.3 Å². The highest BCUT2D eigenvalue weighted by molar-refractivity contribution is 7.07. The number of hydrogen-bond acceptors (Lipinski definition) is 3. The minimum atomic E-state index is -4.32. The maximum atomic E-state index is 12.0. The molecule has 1 aromatic rings. The minimum absolute atomic E-state index is 0.470. The summed E-state index contributed by atoms with van der Waals surface area (Å²) in [6, 6.07) is 1.25. The normalized spacial score (nSPS) is 16.3. The van der Waals surface area contributed by atoms with Crippen molar-refractivity contribution in [3.8, 4) is 0 Å². The molecule has 6 heteroatoms. The summed E-state index contributed by atoms with van der Waals surface area (Å²) >= 11 is 1.40. The summed E-state index contributed by atoms with van der Waals surface area (Å²) in [6.45, 7) is 0.355. The molecule has 2 unspecified atom stereocenters. The number of nitrogens with two attached hydrogens (primary N) is 1. The first-order valence-corrected chi connectivity index (χ1v) is 5.30. The number of rotatable bonds is 4. The van der Waals surface area contributed by atoms with Gasteiger partial charge < -0.3 is 10.5 Å². The molecular weight excluding hydrogens is 227 g/mol. The van der Waals surface area contributed by atoms with E-state index in [1.165, 1.54) is 11.3 Å². The van der Waals surface area contributed by atoms with Gasteiger partial charge in [-0.15, -0.1) is 0 Å². The lowest BCUT2D eigenvalue weighted by molar-refractivity contribution is -0.187. The monoisotopic (exact) mass is 239 g/mol. The first-order chi connectivity index (χ1) is 6.90. The van der Waals surface area contributed by atoms with E-state index in [0.29, 0.717) is 5.56 Å². The van der Waals surface area contributed by atoms with Crippen LogP contribution in [0, 0.1) is 0 Å². The molecule has 1 rings (SSSR count). The zero-order valence-corrected chi connectivity index (χ0v) is 8.94. The van der Waals surface area contributed by atoms with Crippen molar-refractivity contribution in [3.05, 3.63) is 22.4 Å². The summed E-state index contributed by atoms with van der Waals surface area (Å²) < 4.78 is 40.6. The predicted octanol–water partition coefficient (Wildman–Crippen LogP) is 2.72. The second kappa shape index (κ2) is 4.96. The van der Waals surface area contributed by atoms with E-state index in [2.05, 4.69) is 0 Å².